The second-order valence-corrected chi connectivity index (χ2v) is 5.66. The molecule has 1 aliphatic rings. The Labute approximate surface area is 102 Å². The van der Waals surface area contributed by atoms with Crippen LogP contribution in [0.3, 0.4) is 0 Å². The molecule has 0 heterocycles. The molecular formula is C14H30N2. The van der Waals surface area contributed by atoms with Gasteiger partial charge in [0.25, 0.3) is 0 Å². The fourth-order valence-corrected chi connectivity index (χ4v) is 2.93. The van der Waals surface area contributed by atoms with E-state index in [1.807, 2.05) is 0 Å². The van der Waals surface area contributed by atoms with E-state index in [0.717, 1.165) is 24.4 Å². The highest BCUT2D eigenvalue weighted by atomic mass is 15.2. The van der Waals surface area contributed by atoms with Crippen LogP contribution >= 0.6 is 0 Å². The van der Waals surface area contributed by atoms with Crippen LogP contribution in [0.2, 0.25) is 0 Å². The molecular weight excluding hydrogens is 196 g/mol. The summed E-state index contributed by atoms with van der Waals surface area (Å²) in [6.45, 7) is 10.2. The lowest BCUT2D eigenvalue weighted by Gasteiger charge is -2.39. The minimum Gasteiger partial charge on any atom is -0.330 e. The smallest absolute Gasteiger partial charge is 0.0135 e. The second-order valence-electron chi connectivity index (χ2n) is 5.66. The second kappa shape index (κ2) is 7.29. The van der Waals surface area contributed by atoms with Crippen molar-refractivity contribution in [2.45, 2.75) is 58.9 Å². The van der Waals surface area contributed by atoms with Gasteiger partial charge in [-0.2, -0.15) is 0 Å². The summed E-state index contributed by atoms with van der Waals surface area (Å²) >= 11 is 0. The third-order valence-corrected chi connectivity index (χ3v) is 4.04. The first-order chi connectivity index (χ1) is 7.69. The summed E-state index contributed by atoms with van der Waals surface area (Å²) in [6, 6.07) is 0.766. The minimum absolute atomic E-state index is 0.751. The van der Waals surface area contributed by atoms with Crippen LogP contribution in [-0.4, -0.2) is 30.6 Å². The zero-order valence-electron chi connectivity index (χ0n) is 11.4. The van der Waals surface area contributed by atoms with Crippen molar-refractivity contribution in [1.82, 2.24) is 4.90 Å². The van der Waals surface area contributed by atoms with Crippen molar-refractivity contribution in [3.63, 3.8) is 0 Å². The van der Waals surface area contributed by atoms with Gasteiger partial charge < -0.3 is 10.6 Å². The average molecular weight is 226 g/mol. The van der Waals surface area contributed by atoms with Crippen LogP contribution in [0.25, 0.3) is 0 Å². The van der Waals surface area contributed by atoms with Crippen LogP contribution in [0.15, 0.2) is 0 Å². The zero-order valence-corrected chi connectivity index (χ0v) is 11.4. The summed E-state index contributed by atoms with van der Waals surface area (Å²) in [7, 11) is 0. The van der Waals surface area contributed by atoms with Crippen LogP contribution in [0, 0.1) is 11.8 Å². The van der Waals surface area contributed by atoms with Gasteiger partial charge in [-0.3, -0.25) is 0 Å². The van der Waals surface area contributed by atoms with Crippen LogP contribution in [-0.2, 0) is 0 Å². The number of nitrogens with zero attached hydrogens (tertiary/aromatic N) is 1. The summed E-state index contributed by atoms with van der Waals surface area (Å²) in [5, 5.41) is 0. The van der Waals surface area contributed by atoms with Crippen LogP contribution < -0.4 is 5.73 Å². The Balaban J connectivity index is 2.48. The molecule has 96 valence electrons. The fourth-order valence-electron chi connectivity index (χ4n) is 2.93. The monoisotopic (exact) mass is 226 g/mol. The summed E-state index contributed by atoms with van der Waals surface area (Å²) in [5.74, 6) is 1.56. The predicted octanol–water partition coefficient (Wildman–Crippen LogP) is 2.87. The van der Waals surface area contributed by atoms with E-state index in [0.29, 0.717) is 0 Å². The minimum atomic E-state index is 0.751. The summed E-state index contributed by atoms with van der Waals surface area (Å²) in [5.41, 5.74) is 5.92. The molecule has 2 heteroatoms. The molecule has 1 aliphatic carbocycles. The van der Waals surface area contributed by atoms with E-state index in [1.165, 1.54) is 45.2 Å². The molecule has 1 fully saturated rings. The Bertz CT molecular complexity index is 180. The van der Waals surface area contributed by atoms with Gasteiger partial charge in [-0.05, 0) is 50.7 Å². The van der Waals surface area contributed by atoms with Gasteiger partial charge in [0.05, 0.1) is 0 Å². The van der Waals surface area contributed by atoms with Gasteiger partial charge in [0.15, 0.2) is 0 Å². The average Bonchev–Trinajstić information content (AvgIpc) is 2.30. The number of hydrogen-bond donors (Lipinski definition) is 1. The predicted molar refractivity (Wildman–Crippen MR) is 71.5 cm³/mol. The SMILES string of the molecule is CCN(CCC(C)C)C1CCCCC1CN. The molecule has 0 aromatic rings. The van der Waals surface area contributed by atoms with Crippen LogP contribution in [0.4, 0.5) is 0 Å². The van der Waals surface area contributed by atoms with Crippen molar-refractivity contribution in [2.75, 3.05) is 19.6 Å². The molecule has 0 spiro atoms. The van der Waals surface area contributed by atoms with Crippen molar-refractivity contribution in [3.8, 4) is 0 Å². The largest absolute Gasteiger partial charge is 0.330 e. The first-order valence-electron chi connectivity index (χ1n) is 7.13. The molecule has 2 atom stereocenters. The van der Waals surface area contributed by atoms with Crippen LogP contribution in [0.1, 0.15) is 52.9 Å². The number of rotatable bonds is 6. The molecule has 0 saturated heterocycles. The van der Waals surface area contributed by atoms with Gasteiger partial charge in [0, 0.05) is 6.04 Å². The quantitative estimate of drug-likeness (QED) is 0.754. The van der Waals surface area contributed by atoms with Crippen molar-refractivity contribution in [2.24, 2.45) is 17.6 Å². The van der Waals surface area contributed by atoms with Gasteiger partial charge in [0.2, 0.25) is 0 Å². The molecule has 0 aliphatic heterocycles. The van der Waals surface area contributed by atoms with E-state index in [1.54, 1.807) is 0 Å². The van der Waals surface area contributed by atoms with Gasteiger partial charge in [0.1, 0.15) is 0 Å². The molecule has 16 heavy (non-hydrogen) atoms. The lowest BCUT2D eigenvalue weighted by molar-refractivity contribution is 0.107. The lowest BCUT2D eigenvalue weighted by atomic mass is 9.83. The molecule has 0 aromatic carbocycles. The normalized spacial score (nSPS) is 26.6. The Morgan fingerprint density at radius 3 is 2.50 bits per heavy atom. The fraction of sp³-hybridized carbons (Fsp3) is 1.00. The Morgan fingerprint density at radius 1 is 1.25 bits per heavy atom. The third-order valence-electron chi connectivity index (χ3n) is 4.04. The highest BCUT2D eigenvalue weighted by Crippen LogP contribution is 2.28. The molecule has 0 aromatic heterocycles. The molecule has 1 rings (SSSR count). The van der Waals surface area contributed by atoms with E-state index in [2.05, 4.69) is 25.7 Å². The van der Waals surface area contributed by atoms with Gasteiger partial charge in [-0.15, -0.1) is 0 Å². The van der Waals surface area contributed by atoms with E-state index < -0.39 is 0 Å². The van der Waals surface area contributed by atoms with Crippen LogP contribution in [0.5, 0.6) is 0 Å². The number of hydrogen-bond acceptors (Lipinski definition) is 2. The van der Waals surface area contributed by atoms with E-state index in [9.17, 15) is 0 Å². The van der Waals surface area contributed by atoms with Crippen molar-refractivity contribution in [1.29, 1.82) is 0 Å². The highest BCUT2D eigenvalue weighted by Gasteiger charge is 2.28. The Hall–Kier alpha value is -0.0800. The standard InChI is InChI=1S/C14H30N2/c1-4-16(10-9-12(2)3)14-8-6-5-7-13(14)11-15/h12-14H,4-11,15H2,1-3H3. The van der Waals surface area contributed by atoms with Gasteiger partial charge in [-0.25, -0.2) is 0 Å². The first-order valence-corrected chi connectivity index (χ1v) is 7.13. The maximum absolute atomic E-state index is 5.92. The lowest BCUT2D eigenvalue weighted by Crippen LogP contribution is -2.45. The van der Waals surface area contributed by atoms with Crippen molar-refractivity contribution >= 4 is 0 Å². The summed E-state index contributed by atoms with van der Waals surface area (Å²) in [4.78, 5) is 2.68. The van der Waals surface area contributed by atoms with Crippen molar-refractivity contribution < 1.29 is 0 Å². The summed E-state index contributed by atoms with van der Waals surface area (Å²) in [6.07, 6.45) is 6.83. The molecule has 2 nitrogen and oxygen atoms in total. The molecule has 0 radical (unpaired) electrons. The first kappa shape index (κ1) is 14.0. The Kier molecular flexibility index (Phi) is 6.37. The zero-order chi connectivity index (χ0) is 12.0. The van der Waals surface area contributed by atoms with Crippen molar-refractivity contribution in [3.05, 3.63) is 0 Å². The molecule has 0 bridgehead atoms. The van der Waals surface area contributed by atoms with E-state index >= 15 is 0 Å². The maximum Gasteiger partial charge on any atom is 0.0135 e. The molecule has 2 N–H and O–H groups in total. The Morgan fingerprint density at radius 2 is 1.94 bits per heavy atom. The third kappa shape index (κ3) is 4.06. The van der Waals surface area contributed by atoms with Gasteiger partial charge in [-0.1, -0.05) is 33.6 Å². The molecule has 0 amide bonds. The summed E-state index contributed by atoms with van der Waals surface area (Å²) < 4.78 is 0. The maximum atomic E-state index is 5.92. The van der Waals surface area contributed by atoms with Gasteiger partial charge >= 0.3 is 0 Å². The number of nitrogens with two attached hydrogens (primary N) is 1. The van der Waals surface area contributed by atoms with E-state index in [-0.39, 0.29) is 0 Å². The highest BCUT2D eigenvalue weighted by molar-refractivity contribution is 4.83. The molecule has 1 saturated carbocycles. The molecule has 2 unspecified atom stereocenters. The topological polar surface area (TPSA) is 29.3 Å². The van der Waals surface area contributed by atoms with E-state index in [4.69, 9.17) is 5.73 Å².